The summed E-state index contributed by atoms with van der Waals surface area (Å²) in [4.78, 5) is 46.2. The van der Waals surface area contributed by atoms with Crippen molar-refractivity contribution < 1.29 is 74.6 Å². The van der Waals surface area contributed by atoms with Crippen molar-refractivity contribution in [1.82, 2.24) is 0 Å². The fourth-order valence-corrected chi connectivity index (χ4v) is 16.4. The van der Waals surface area contributed by atoms with Crippen LogP contribution in [-0.4, -0.2) is 51.6 Å². The molecule has 137 heavy (non-hydrogen) atoms. The second-order valence-corrected chi connectivity index (χ2v) is 39.2. The van der Waals surface area contributed by atoms with Gasteiger partial charge in [0.15, 0.2) is 0 Å². The first-order valence-electron chi connectivity index (χ1n) is 46.8. The number of ketones is 4. The van der Waals surface area contributed by atoms with Crippen molar-refractivity contribution in [3.05, 3.63) is 345 Å². The van der Waals surface area contributed by atoms with Gasteiger partial charge in [-0.3, -0.25) is 14.4 Å². The Morgan fingerprint density at radius 1 is 0.343 bits per heavy atom. The monoisotopic (exact) mass is 1860 g/mol. The third-order valence-corrected chi connectivity index (χ3v) is 23.9. The number of methoxy groups -OCH3 is 4. The third kappa shape index (κ3) is 31.4. The minimum atomic E-state index is -0.298. The molecule has 0 spiro atoms. The molecule has 720 valence electrons. The Bertz CT molecular complexity index is 6130. The minimum Gasteiger partial charge on any atom is -0.497 e. The SMILES string of the molecule is C#C[C@H](CC(C)=O)c1ccc(OCc2ccc(C(C)(C)C)c(-c3cc(OC)ccc3F)c2)cc1.C/C=C/[C@H](CC(C)=O)c1ccc(OCc2ccc(C(C)(C)C)c(-c3cc(OC)ccc3F)c2)cc1.CCC[C@H](CC(C)=O)c1ccc(OCc2ccc(C(C)(C)C)c(-c3cc(OC)ccc3F)c2)cc1.COc1ccc(F)c(-c2cc(COc3ccc(C[C@@H](C)C(C)=O)cc3)ccc2C(C)(C)C)c1. The lowest BCUT2D eigenvalue weighted by Gasteiger charge is -2.24. The van der Waals surface area contributed by atoms with Gasteiger partial charge in [-0.2, -0.15) is 0 Å². The second-order valence-electron chi connectivity index (χ2n) is 39.2. The smallest absolute Gasteiger partial charge is 0.132 e. The number of hydrogen-bond acceptors (Lipinski definition) is 12. The molecule has 12 rings (SSSR count). The molecule has 0 fully saturated rings. The highest BCUT2D eigenvalue weighted by Crippen LogP contribution is 2.43. The van der Waals surface area contributed by atoms with Crippen LogP contribution in [0.4, 0.5) is 17.6 Å². The predicted molar refractivity (Wildman–Crippen MR) is 548 cm³/mol. The molecule has 0 aliphatic heterocycles. The van der Waals surface area contributed by atoms with Crippen LogP contribution in [0.25, 0.3) is 44.5 Å². The van der Waals surface area contributed by atoms with E-state index in [0.717, 1.165) is 120 Å². The molecule has 0 saturated heterocycles. The van der Waals surface area contributed by atoms with Crippen molar-refractivity contribution in [1.29, 1.82) is 0 Å². The number of allylic oxidation sites excluding steroid dienone is 2. The zero-order valence-corrected chi connectivity index (χ0v) is 84.1. The number of carbonyl (C=O) groups is 4. The molecule has 12 aromatic rings. The summed E-state index contributed by atoms with van der Waals surface area (Å²) in [5, 5.41) is 0. The van der Waals surface area contributed by atoms with Crippen molar-refractivity contribution in [2.24, 2.45) is 5.92 Å². The molecule has 0 bridgehead atoms. The normalized spacial score (nSPS) is 12.3. The van der Waals surface area contributed by atoms with Crippen LogP contribution in [0.2, 0.25) is 0 Å². The molecule has 0 heterocycles. The maximum atomic E-state index is 14.9. The number of hydrogen-bond donors (Lipinski definition) is 0. The van der Waals surface area contributed by atoms with Crippen molar-refractivity contribution in [2.45, 2.75) is 236 Å². The largest absolute Gasteiger partial charge is 0.497 e. The number of rotatable bonds is 35. The van der Waals surface area contributed by atoms with Crippen molar-refractivity contribution >= 4 is 23.1 Å². The van der Waals surface area contributed by atoms with E-state index in [0.29, 0.717) is 96.7 Å². The Labute approximate surface area is 810 Å². The predicted octanol–water partition coefficient (Wildman–Crippen LogP) is 30.5. The Hall–Kier alpha value is -13.3. The van der Waals surface area contributed by atoms with Gasteiger partial charge in [0.1, 0.15) is 119 Å². The van der Waals surface area contributed by atoms with Gasteiger partial charge in [0.2, 0.25) is 0 Å². The number of ether oxygens (including phenoxy) is 8. The average molecular weight is 1860 g/mol. The summed E-state index contributed by atoms with van der Waals surface area (Å²) in [5.74, 6) is 7.65. The molecule has 12 aromatic carbocycles. The Morgan fingerprint density at radius 3 is 0.869 bits per heavy atom. The van der Waals surface area contributed by atoms with Gasteiger partial charge in [-0.15, -0.1) is 6.42 Å². The van der Waals surface area contributed by atoms with Gasteiger partial charge in [0, 0.05) is 53.4 Å². The van der Waals surface area contributed by atoms with E-state index in [1.807, 2.05) is 166 Å². The van der Waals surface area contributed by atoms with E-state index >= 15 is 0 Å². The summed E-state index contributed by atoms with van der Waals surface area (Å²) in [6.07, 6.45) is 13.7. The van der Waals surface area contributed by atoms with Crippen LogP contribution in [0.5, 0.6) is 46.0 Å². The lowest BCUT2D eigenvalue weighted by molar-refractivity contribution is -0.120. The van der Waals surface area contributed by atoms with E-state index in [1.165, 1.54) is 29.8 Å². The van der Waals surface area contributed by atoms with E-state index in [-0.39, 0.29) is 91.7 Å². The first-order valence-corrected chi connectivity index (χ1v) is 46.8. The van der Waals surface area contributed by atoms with Gasteiger partial charge in [0.05, 0.1) is 34.4 Å². The molecule has 0 saturated carbocycles. The first-order chi connectivity index (χ1) is 64.9. The fourth-order valence-electron chi connectivity index (χ4n) is 16.4. The standard InChI is InChI=1S/C31H37FO3.C31H35FO3.C30H31FO3.C29H33FO3/c2*1-7-8-24(17-21(2)33)23-10-12-25(13-11-23)35-20-22-9-15-29(31(3,4)5)27(18-22)28-19-26(34-6)14-16-30(28)32;1-7-22(16-20(2)32)23-9-11-24(12-10-23)34-19-21-8-14-28(30(3,4)5)26(17-21)27-18-25(33-6)13-15-29(27)31;1-19(20(2)31)15-21-7-10-23(11-8-21)33-18-22-9-13-27(29(3,4)5)25(16-22)26-17-24(32-6)12-14-28(26)30/h9-16,18-19,24H,7-8,17,20H2,1-6H3;7-16,18-19,24H,17,20H2,1-6H3;1,8-15,17-18,22H,16,19H2,2-6H3;7-14,16-17,19H,15,18H2,1-6H3/b;8-7+;;/t2*24-;22-;19-/m1111/s1. The van der Waals surface area contributed by atoms with Crippen LogP contribution in [0.1, 0.15) is 248 Å². The number of carbonyl (C=O) groups excluding carboxylic acids is 4. The van der Waals surface area contributed by atoms with E-state index in [4.69, 9.17) is 44.3 Å². The quantitative estimate of drug-likeness (QED) is 0.0212. The lowest BCUT2D eigenvalue weighted by atomic mass is 9.81. The van der Waals surface area contributed by atoms with E-state index in [2.05, 4.69) is 126 Å². The molecular weight excluding hydrogens is 1720 g/mol. The summed E-state index contributed by atoms with van der Waals surface area (Å²) in [7, 11) is 6.32. The molecule has 4 atom stereocenters. The number of Topliss-reactive ketones (excluding diaryl/α,β-unsaturated/α-hetero) is 4. The summed E-state index contributed by atoms with van der Waals surface area (Å²) < 4.78 is 105. The van der Waals surface area contributed by atoms with Gasteiger partial charge in [-0.1, -0.05) is 218 Å². The second kappa shape index (κ2) is 49.5. The highest BCUT2D eigenvalue weighted by atomic mass is 19.1. The highest BCUT2D eigenvalue weighted by molar-refractivity contribution is 5.80. The lowest BCUT2D eigenvalue weighted by Crippen LogP contribution is -2.13. The van der Waals surface area contributed by atoms with Gasteiger partial charge >= 0.3 is 0 Å². The number of terminal acetylenes is 1. The molecule has 16 heteroatoms. The van der Waals surface area contributed by atoms with Crippen LogP contribution in [0.3, 0.4) is 0 Å². The Morgan fingerprint density at radius 2 is 0.613 bits per heavy atom. The molecule has 0 radical (unpaired) electrons. The average Bonchev–Trinajstić information content (AvgIpc) is 0.795. The highest BCUT2D eigenvalue weighted by Gasteiger charge is 2.28. The molecule has 0 aliphatic rings. The fraction of sp³-hybridized carbons (Fsp3) is 0.339. The number of benzene rings is 12. The van der Waals surface area contributed by atoms with Crippen LogP contribution in [0.15, 0.2) is 255 Å². The Kier molecular flexibility index (Phi) is 38.8. The summed E-state index contributed by atoms with van der Waals surface area (Å²) in [5.41, 5.74) is 17.0. The van der Waals surface area contributed by atoms with Crippen molar-refractivity contribution in [2.75, 3.05) is 28.4 Å². The van der Waals surface area contributed by atoms with Gasteiger partial charge < -0.3 is 42.7 Å². The van der Waals surface area contributed by atoms with Gasteiger partial charge in [-0.05, 0) is 310 Å². The van der Waals surface area contributed by atoms with Crippen LogP contribution in [-0.2, 0) is 73.7 Å². The zero-order valence-electron chi connectivity index (χ0n) is 84.1. The molecule has 0 unspecified atom stereocenters. The van der Waals surface area contributed by atoms with Crippen LogP contribution < -0.4 is 37.9 Å². The van der Waals surface area contributed by atoms with Gasteiger partial charge in [0.25, 0.3) is 0 Å². The maximum absolute atomic E-state index is 14.9. The molecule has 0 amide bonds. The molecule has 0 aliphatic carbocycles. The van der Waals surface area contributed by atoms with Gasteiger partial charge in [-0.25, -0.2) is 17.6 Å². The minimum absolute atomic E-state index is 0.00789. The first kappa shape index (κ1) is 107. The third-order valence-electron chi connectivity index (χ3n) is 23.9. The summed E-state index contributed by atoms with van der Waals surface area (Å²) in [6.45, 7) is 39.3. The topological polar surface area (TPSA) is 142 Å². The molecule has 12 nitrogen and oxygen atoms in total. The van der Waals surface area contributed by atoms with Crippen LogP contribution in [0, 0.1) is 41.5 Å². The van der Waals surface area contributed by atoms with Crippen molar-refractivity contribution in [3.63, 3.8) is 0 Å². The summed E-state index contributed by atoms with van der Waals surface area (Å²) >= 11 is 0. The Balaban J connectivity index is 0.000000205. The number of halogens is 4. The van der Waals surface area contributed by atoms with E-state index < -0.39 is 0 Å². The summed E-state index contributed by atoms with van der Waals surface area (Å²) in [6, 6.07) is 74.8. The van der Waals surface area contributed by atoms with Crippen molar-refractivity contribution in [3.8, 4) is 103 Å². The molecule has 0 aromatic heterocycles. The maximum Gasteiger partial charge on any atom is 0.132 e. The molecule has 0 N–H and O–H groups in total. The zero-order chi connectivity index (χ0) is 100. The van der Waals surface area contributed by atoms with E-state index in [1.54, 1.807) is 105 Å². The van der Waals surface area contributed by atoms with E-state index in [9.17, 15) is 36.7 Å². The van der Waals surface area contributed by atoms with Crippen LogP contribution >= 0.6 is 0 Å². The molecular formula is C121H136F4O12.